The number of methoxy groups -OCH3 is 1. The first-order valence-corrected chi connectivity index (χ1v) is 6.57. The molecule has 0 radical (unpaired) electrons. The molecule has 0 aromatic carbocycles. The number of carbonyl (C=O) groups is 1. The molecule has 1 aromatic heterocycles. The summed E-state index contributed by atoms with van der Waals surface area (Å²) in [6.45, 7) is 8.36. The zero-order valence-corrected chi connectivity index (χ0v) is 12.6. The predicted octanol–water partition coefficient (Wildman–Crippen LogP) is 1.88. The fraction of sp³-hybridized carbons (Fsp3) is 0.643. The Morgan fingerprint density at radius 1 is 1.40 bits per heavy atom. The van der Waals surface area contributed by atoms with Gasteiger partial charge in [0, 0.05) is 24.6 Å². The molecule has 0 N–H and O–H groups in total. The Kier molecular flexibility index (Phi) is 3.69. The van der Waals surface area contributed by atoms with Gasteiger partial charge in [-0.1, -0.05) is 0 Å². The van der Waals surface area contributed by atoms with Crippen molar-refractivity contribution >= 4 is 6.09 Å². The van der Waals surface area contributed by atoms with Crippen molar-refractivity contribution in [2.75, 3.05) is 20.2 Å². The molecule has 1 amide bonds. The van der Waals surface area contributed by atoms with Crippen molar-refractivity contribution in [3.05, 3.63) is 23.8 Å². The molecule has 0 bridgehead atoms. The highest BCUT2D eigenvalue weighted by atomic mass is 16.6. The summed E-state index contributed by atoms with van der Waals surface area (Å²) in [5, 5.41) is 0. The van der Waals surface area contributed by atoms with Crippen LogP contribution >= 0.6 is 0 Å². The van der Waals surface area contributed by atoms with Gasteiger partial charge in [0.1, 0.15) is 17.5 Å². The molecule has 0 spiro atoms. The summed E-state index contributed by atoms with van der Waals surface area (Å²) in [7, 11) is 1.64. The number of ether oxygens (including phenoxy) is 2. The highest BCUT2D eigenvalue weighted by Crippen LogP contribution is 2.36. The standard InChI is InChI=1S/C14H21N3O3/c1-10-11(6-15-9-16-10)14(19-5)7-17(8-14)12(18)20-13(2,3)4/h6,9H,7-8H2,1-5H3. The summed E-state index contributed by atoms with van der Waals surface area (Å²) in [6.07, 6.45) is 2.93. The maximum absolute atomic E-state index is 12.0. The number of aromatic nitrogens is 2. The monoisotopic (exact) mass is 279 g/mol. The van der Waals surface area contributed by atoms with Crippen molar-refractivity contribution in [2.24, 2.45) is 0 Å². The molecule has 1 aromatic rings. The fourth-order valence-corrected chi connectivity index (χ4v) is 2.27. The lowest BCUT2D eigenvalue weighted by Gasteiger charge is -2.49. The van der Waals surface area contributed by atoms with Gasteiger partial charge in [0.2, 0.25) is 0 Å². The first kappa shape index (κ1) is 14.7. The van der Waals surface area contributed by atoms with E-state index in [1.807, 2.05) is 27.7 Å². The number of aryl methyl sites for hydroxylation is 1. The van der Waals surface area contributed by atoms with Gasteiger partial charge < -0.3 is 14.4 Å². The smallest absolute Gasteiger partial charge is 0.410 e. The number of rotatable bonds is 2. The lowest BCUT2D eigenvalue weighted by atomic mass is 9.86. The summed E-state index contributed by atoms with van der Waals surface area (Å²) in [5.74, 6) is 0. The quantitative estimate of drug-likeness (QED) is 0.827. The minimum Gasteiger partial charge on any atom is -0.444 e. The van der Waals surface area contributed by atoms with Crippen molar-refractivity contribution in [2.45, 2.75) is 38.9 Å². The first-order chi connectivity index (χ1) is 9.27. The third-order valence-electron chi connectivity index (χ3n) is 3.34. The second-order valence-electron chi connectivity index (χ2n) is 6.06. The van der Waals surface area contributed by atoms with Crippen LogP contribution in [0.5, 0.6) is 0 Å². The molecular weight excluding hydrogens is 258 g/mol. The molecule has 2 rings (SSSR count). The van der Waals surface area contributed by atoms with Gasteiger partial charge in [-0.15, -0.1) is 0 Å². The van der Waals surface area contributed by atoms with Gasteiger partial charge in [-0.05, 0) is 27.7 Å². The van der Waals surface area contributed by atoms with Crippen LogP contribution in [-0.4, -0.2) is 46.8 Å². The van der Waals surface area contributed by atoms with E-state index in [0.29, 0.717) is 13.1 Å². The van der Waals surface area contributed by atoms with Crippen LogP contribution < -0.4 is 0 Å². The van der Waals surface area contributed by atoms with Crippen molar-refractivity contribution in [3.63, 3.8) is 0 Å². The Morgan fingerprint density at radius 2 is 2.05 bits per heavy atom. The minimum atomic E-state index is -0.526. The number of hydrogen-bond donors (Lipinski definition) is 0. The number of hydrogen-bond acceptors (Lipinski definition) is 5. The second-order valence-corrected chi connectivity index (χ2v) is 6.06. The number of nitrogens with zero attached hydrogens (tertiary/aromatic N) is 3. The normalized spacial score (nSPS) is 17.6. The largest absolute Gasteiger partial charge is 0.444 e. The summed E-state index contributed by atoms with van der Waals surface area (Å²) < 4.78 is 11.0. The van der Waals surface area contributed by atoms with E-state index < -0.39 is 11.2 Å². The van der Waals surface area contributed by atoms with Crippen LogP contribution in [0.1, 0.15) is 32.0 Å². The zero-order chi connectivity index (χ0) is 15.0. The maximum atomic E-state index is 12.0. The molecule has 1 fully saturated rings. The van der Waals surface area contributed by atoms with Crippen LogP contribution in [0.3, 0.4) is 0 Å². The molecule has 0 unspecified atom stereocenters. The Morgan fingerprint density at radius 3 is 2.55 bits per heavy atom. The SMILES string of the molecule is COC1(c2cncnc2C)CN(C(=O)OC(C)(C)C)C1. The van der Waals surface area contributed by atoms with E-state index in [2.05, 4.69) is 9.97 Å². The number of likely N-dealkylation sites (tertiary alicyclic amines) is 1. The van der Waals surface area contributed by atoms with E-state index in [1.54, 1.807) is 18.2 Å². The lowest BCUT2D eigenvalue weighted by molar-refractivity contribution is -0.127. The zero-order valence-electron chi connectivity index (χ0n) is 12.6. The van der Waals surface area contributed by atoms with Gasteiger partial charge in [-0.3, -0.25) is 0 Å². The number of carbonyl (C=O) groups excluding carboxylic acids is 1. The van der Waals surface area contributed by atoms with Crippen molar-refractivity contribution in [3.8, 4) is 0 Å². The van der Waals surface area contributed by atoms with Crippen molar-refractivity contribution in [1.82, 2.24) is 14.9 Å². The Balaban J connectivity index is 2.09. The van der Waals surface area contributed by atoms with Crippen molar-refractivity contribution in [1.29, 1.82) is 0 Å². The molecule has 20 heavy (non-hydrogen) atoms. The van der Waals surface area contributed by atoms with Gasteiger partial charge in [-0.2, -0.15) is 0 Å². The molecule has 1 aliphatic rings. The molecule has 110 valence electrons. The maximum Gasteiger partial charge on any atom is 0.410 e. The van der Waals surface area contributed by atoms with E-state index in [1.165, 1.54) is 6.33 Å². The molecule has 2 heterocycles. The third kappa shape index (κ3) is 2.75. The molecule has 6 heteroatoms. The van der Waals surface area contributed by atoms with Gasteiger partial charge in [0.15, 0.2) is 0 Å². The summed E-state index contributed by atoms with van der Waals surface area (Å²) in [6, 6.07) is 0. The highest BCUT2D eigenvalue weighted by molar-refractivity contribution is 5.70. The van der Waals surface area contributed by atoms with Crippen LogP contribution in [0.25, 0.3) is 0 Å². The molecule has 6 nitrogen and oxygen atoms in total. The lowest BCUT2D eigenvalue weighted by Crippen LogP contribution is -2.63. The van der Waals surface area contributed by atoms with Crippen LogP contribution in [-0.2, 0) is 15.1 Å². The predicted molar refractivity (Wildman–Crippen MR) is 73.3 cm³/mol. The van der Waals surface area contributed by atoms with E-state index in [4.69, 9.17) is 9.47 Å². The molecule has 0 atom stereocenters. The summed E-state index contributed by atoms with van der Waals surface area (Å²) in [5.41, 5.74) is 0.768. The van der Waals surface area contributed by atoms with Crippen LogP contribution in [0.2, 0.25) is 0 Å². The van der Waals surface area contributed by atoms with E-state index in [0.717, 1.165) is 11.3 Å². The van der Waals surface area contributed by atoms with E-state index in [-0.39, 0.29) is 6.09 Å². The molecule has 0 saturated carbocycles. The Labute approximate surface area is 119 Å². The van der Waals surface area contributed by atoms with Crippen molar-refractivity contribution < 1.29 is 14.3 Å². The summed E-state index contributed by atoms with van der Waals surface area (Å²) in [4.78, 5) is 21.8. The average molecular weight is 279 g/mol. The first-order valence-electron chi connectivity index (χ1n) is 6.57. The number of amides is 1. The molecule has 1 aliphatic heterocycles. The molecular formula is C14H21N3O3. The molecule has 1 saturated heterocycles. The molecule has 0 aliphatic carbocycles. The van der Waals surface area contributed by atoms with Crippen LogP contribution in [0, 0.1) is 6.92 Å². The van der Waals surface area contributed by atoms with Gasteiger partial charge in [0.05, 0.1) is 13.1 Å². The summed E-state index contributed by atoms with van der Waals surface area (Å²) >= 11 is 0. The minimum absolute atomic E-state index is 0.320. The van der Waals surface area contributed by atoms with Gasteiger partial charge >= 0.3 is 6.09 Å². The van der Waals surface area contributed by atoms with E-state index in [9.17, 15) is 4.79 Å². The fourth-order valence-electron chi connectivity index (χ4n) is 2.27. The second kappa shape index (κ2) is 5.01. The van der Waals surface area contributed by atoms with Gasteiger partial charge in [0.25, 0.3) is 0 Å². The topological polar surface area (TPSA) is 64.6 Å². The Bertz CT molecular complexity index is 505. The highest BCUT2D eigenvalue weighted by Gasteiger charge is 2.49. The average Bonchev–Trinajstić information content (AvgIpc) is 2.28. The van der Waals surface area contributed by atoms with E-state index >= 15 is 0 Å². The van der Waals surface area contributed by atoms with Gasteiger partial charge in [-0.25, -0.2) is 14.8 Å². The van der Waals surface area contributed by atoms with Crippen LogP contribution in [0.4, 0.5) is 4.79 Å². The Hall–Kier alpha value is -1.69. The van der Waals surface area contributed by atoms with Crippen LogP contribution in [0.15, 0.2) is 12.5 Å². The third-order valence-corrected chi connectivity index (χ3v) is 3.34.